The molecule has 168 valence electrons. The highest BCUT2D eigenvalue weighted by atomic mass is 16.5. The van der Waals surface area contributed by atoms with E-state index in [1.165, 1.54) is 14.2 Å². The molecule has 0 aliphatic rings. The van der Waals surface area contributed by atoms with Crippen molar-refractivity contribution >= 4 is 28.8 Å². The molecule has 0 bridgehead atoms. The van der Waals surface area contributed by atoms with E-state index in [0.29, 0.717) is 45.5 Å². The molecule has 0 aliphatic heterocycles. The van der Waals surface area contributed by atoms with E-state index >= 15 is 0 Å². The van der Waals surface area contributed by atoms with Crippen molar-refractivity contribution in [2.24, 2.45) is 0 Å². The van der Waals surface area contributed by atoms with Gasteiger partial charge in [0.05, 0.1) is 31.3 Å². The third kappa shape index (κ3) is 4.36. The molecule has 2 amide bonds. The first-order valence-electron chi connectivity index (χ1n) is 10.3. The first kappa shape index (κ1) is 21.9. The van der Waals surface area contributed by atoms with E-state index in [1.807, 2.05) is 31.3 Å². The van der Waals surface area contributed by atoms with Gasteiger partial charge in [0, 0.05) is 23.9 Å². The van der Waals surface area contributed by atoms with Crippen LogP contribution in [0.5, 0.6) is 11.5 Å². The van der Waals surface area contributed by atoms with E-state index in [9.17, 15) is 9.59 Å². The Labute approximate surface area is 191 Å². The zero-order valence-electron chi connectivity index (χ0n) is 18.8. The Morgan fingerprint density at radius 2 is 1.45 bits per heavy atom. The smallest absolute Gasteiger partial charge is 0.274 e. The summed E-state index contributed by atoms with van der Waals surface area (Å²) in [5.41, 5.74) is 4.11. The van der Waals surface area contributed by atoms with Gasteiger partial charge in [-0.15, -0.1) is 0 Å². The summed E-state index contributed by atoms with van der Waals surface area (Å²) in [5, 5.41) is 5.71. The van der Waals surface area contributed by atoms with Crippen LogP contribution >= 0.6 is 0 Å². The van der Waals surface area contributed by atoms with Gasteiger partial charge in [-0.05, 0) is 43.7 Å². The van der Waals surface area contributed by atoms with Gasteiger partial charge >= 0.3 is 0 Å². The normalized spacial score (nSPS) is 10.7. The molecule has 4 rings (SSSR count). The predicted molar refractivity (Wildman–Crippen MR) is 127 cm³/mol. The van der Waals surface area contributed by atoms with Crippen molar-refractivity contribution in [1.82, 2.24) is 9.38 Å². The Balaban J connectivity index is 1.65. The number of anilines is 2. The van der Waals surface area contributed by atoms with E-state index < -0.39 is 0 Å². The molecular weight excluding hydrogens is 420 g/mol. The molecule has 2 aromatic heterocycles. The highest BCUT2D eigenvalue weighted by Gasteiger charge is 2.20. The molecule has 8 heteroatoms. The zero-order valence-corrected chi connectivity index (χ0v) is 18.8. The van der Waals surface area contributed by atoms with Gasteiger partial charge in [0.1, 0.15) is 22.8 Å². The molecule has 33 heavy (non-hydrogen) atoms. The quantitative estimate of drug-likeness (QED) is 0.458. The highest BCUT2D eigenvalue weighted by molar-refractivity contribution is 6.07. The molecule has 8 nitrogen and oxygen atoms in total. The number of carbonyl (C=O) groups is 2. The highest BCUT2D eigenvalue weighted by Crippen LogP contribution is 2.37. The number of amides is 2. The topological polar surface area (TPSA) is 94.0 Å². The van der Waals surface area contributed by atoms with Gasteiger partial charge in [-0.2, -0.15) is 0 Å². The number of ether oxygens (including phenoxy) is 2. The van der Waals surface area contributed by atoms with Gasteiger partial charge in [-0.25, -0.2) is 4.98 Å². The maximum atomic E-state index is 13.2. The summed E-state index contributed by atoms with van der Waals surface area (Å²) < 4.78 is 12.7. The Morgan fingerprint density at radius 1 is 0.848 bits per heavy atom. The average Bonchev–Trinajstić information content (AvgIpc) is 3.14. The van der Waals surface area contributed by atoms with Crippen LogP contribution in [0.25, 0.3) is 5.65 Å². The van der Waals surface area contributed by atoms with Crippen LogP contribution in [0.3, 0.4) is 0 Å². The number of nitrogens with zero attached hydrogens (tertiary/aromatic N) is 2. The van der Waals surface area contributed by atoms with Crippen molar-refractivity contribution in [2.75, 3.05) is 24.9 Å². The summed E-state index contributed by atoms with van der Waals surface area (Å²) >= 11 is 0. The minimum atomic E-state index is -0.342. The number of rotatable bonds is 6. The fourth-order valence-electron chi connectivity index (χ4n) is 3.60. The van der Waals surface area contributed by atoms with Crippen LogP contribution in [0.15, 0.2) is 60.8 Å². The largest absolute Gasteiger partial charge is 0.494 e. The van der Waals surface area contributed by atoms with Crippen molar-refractivity contribution in [3.63, 3.8) is 0 Å². The summed E-state index contributed by atoms with van der Waals surface area (Å²) in [4.78, 5) is 30.3. The molecular formula is C25H24N4O4. The van der Waals surface area contributed by atoms with Crippen molar-refractivity contribution in [1.29, 1.82) is 0 Å². The van der Waals surface area contributed by atoms with Gasteiger partial charge in [0.25, 0.3) is 11.8 Å². The molecule has 0 saturated heterocycles. The summed E-state index contributed by atoms with van der Waals surface area (Å²) in [5.74, 6) is 0.116. The average molecular weight is 444 g/mol. The number of benzene rings is 2. The molecule has 0 radical (unpaired) electrons. The molecule has 2 N–H and O–H groups in total. The number of aryl methyl sites for hydroxylation is 2. The van der Waals surface area contributed by atoms with Gasteiger partial charge in [-0.1, -0.05) is 18.2 Å². The predicted octanol–water partition coefficient (Wildman–Crippen LogP) is 4.47. The minimum absolute atomic E-state index is 0.288. The second-order valence-corrected chi connectivity index (χ2v) is 7.51. The molecule has 0 fully saturated rings. The van der Waals surface area contributed by atoms with E-state index in [4.69, 9.17) is 9.47 Å². The summed E-state index contributed by atoms with van der Waals surface area (Å²) in [7, 11) is 2.98. The number of nitrogens with one attached hydrogen (secondary N) is 2. The van der Waals surface area contributed by atoms with Gasteiger partial charge in [-0.3, -0.25) is 14.0 Å². The van der Waals surface area contributed by atoms with Crippen molar-refractivity contribution < 1.29 is 19.1 Å². The lowest BCUT2D eigenvalue weighted by Crippen LogP contribution is -2.17. The van der Waals surface area contributed by atoms with Crippen LogP contribution in [-0.2, 0) is 0 Å². The van der Waals surface area contributed by atoms with E-state index in [1.54, 1.807) is 47.7 Å². The van der Waals surface area contributed by atoms with Gasteiger partial charge < -0.3 is 20.1 Å². The lowest BCUT2D eigenvalue weighted by molar-refractivity contribution is 0.101. The Hall–Kier alpha value is -4.33. The number of hydrogen-bond acceptors (Lipinski definition) is 5. The maximum absolute atomic E-state index is 13.2. The molecule has 0 unspecified atom stereocenters. The summed E-state index contributed by atoms with van der Waals surface area (Å²) in [6.45, 7) is 3.76. The van der Waals surface area contributed by atoms with Gasteiger partial charge in [0.2, 0.25) is 0 Å². The monoisotopic (exact) mass is 444 g/mol. The molecule has 4 aromatic rings. The second-order valence-electron chi connectivity index (χ2n) is 7.51. The number of carbonyl (C=O) groups excluding carboxylic acids is 2. The van der Waals surface area contributed by atoms with E-state index in [2.05, 4.69) is 15.6 Å². The van der Waals surface area contributed by atoms with Crippen LogP contribution in [0, 0.1) is 13.8 Å². The lowest BCUT2D eigenvalue weighted by Gasteiger charge is -2.16. The number of aromatic nitrogens is 2. The summed E-state index contributed by atoms with van der Waals surface area (Å²) in [6, 6.07) is 15.9. The molecule has 0 atom stereocenters. The number of pyridine rings is 1. The van der Waals surface area contributed by atoms with Crippen LogP contribution in [0.1, 0.15) is 32.1 Å². The maximum Gasteiger partial charge on any atom is 0.274 e. The second kappa shape index (κ2) is 9.04. The van der Waals surface area contributed by atoms with Crippen molar-refractivity contribution in [2.45, 2.75) is 13.8 Å². The Bertz CT molecular complexity index is 1350. The van der Waals surface area contributed by atoms with Crippen LogP contribution in [-0.4, -0.2) is 35.4 Å². The van der Waals surface area contributed by atoms with Crippen LogP contribution in [0.2, 0.25) is 0 Å². The standard InChI is InChI=1S/C25H24N4O4/c1-15-10-11-29-22(12-15)26-16(2)23(29)25(31)28-19-14-20(32-3)18(13-21(19)33-4)27-24(30)17-8-6-5-7-9-17/h5-14H,1-4H3,(H,27,30)(H,28,31). The van der Waals surface area contributed by atoms with E-state index in [-0.39, 0.29) is 11.8 Å². The fourth-order valence-corrected chi connectivity index (χ4v) is 3.60. The van der Waals surface area contributed by atoms with Gasteiger partial charge in [0.15, 0.2) is 0 Å². The third-order valence-electron chi connectivity index (χ3n) is 5.23. The molecule has 0 aliphatic carbocycles. The third-order valence-corrected chi connectivity index (χ3v) is 5.23. The zero-order chi connectivity index (χ0) is 23.5. The number of hydrogen-bond donors (Lipinski definition) is 2. The Morgan fingerprint density at radius 3 is 2.06 bits per heavy atom. The van der Waals surface area contributed by atoms with E-state index in [0.717, 1.165) is 5.56 Å². The first-order chi connectivity index (χ1) is 15.9. The Kier molecular flexibility index (Phi) is 5.99. The summed E-state index contributed by atoms with van der Waals surface area (Å²) in [6.07, 6.45) is 1.82. The molecule has 2 aromatic carbocycles. The SMILES string of the molecule is COc1cc(NC(=O)c2c(C)nc3cc(C)ccn23)c(OC)cc1NC(=O)c1ccccc1. The van der Waals surface area contributed by atoms with Crippen molar-refractivity contribution in [3.05, 3.63) is 83.3 Å². The number of fused-ring (bicyclic) bond motifs is 1. The minimum Gasteiger partial charge on any atom is -0.494 e. The number of imidazole rings is 1. The number of methoxy groups -OCH3 is 2. The lowest BCUT2D eigenvalue weighted by atomic mass is 10.2. The molecule has 0 spiro atoms. The van der Waals surface area contributed by atoms with Crippen molar-refractivity contribution in [3.8, 4) is 11.5 Å². The van der Waals surface area contributed by atoms with Crippen LogP contribution in [0.4, 0.5) is 11.4 Å². The van der Waals surface area contributed by atoms with Crippen LogP contribution < -0.4 is 20.1 Å². The fraction of sp³-hybridized carbons (Fsp3) is 0.160. The molecule has 2 heterocycles. The molecule has 0 saturated carbocycles. The first-order valence-corrected chi connectivity index (χ1v) is 10.3.